The first kappa shape index (κ1) is 15.0. The van der Waals surface area contributed by atoms with E-state index >= 15 is 0 Å². The predicted octanol–water partition coefficient (Wildman–Crippen LogP) is 3.71. The topological polar surface area (TPSA) is 38.3 Å². The van der Waals surface area contributed by atoms with E-state index in [1.807, 2.05) is 13.8 Å². The molecule has 0 fully saturated rings. The molecule has 0 bridgehead atoms. The third-order valence-corrected chi connectivity index (χ3v) is 2.34. The van der Waals surface area contributed by atoms with E-state index in [0.717, 1.165) is 5.56 Å². The van der Waals surface area contributed by atoms with E-state index < -0.39 is 0 Å². The summed E-state index contributed by atoms with van der Waals surface area (Å²) in [5, 5.41) is 1.05. The summed E-state index contributed by atoms with van der Waals surface area (Å²) in [6, 6.07) is 5.06. The number of rotatable bonds is 5. The number of carbonyl (C=O) groups is 1. The van der Waals surface area contributed by atoms with Crippen molar-refractivity contribution in [3.05, 3.63) is 39.9 Å². The molecule has 0 atom stereocenters. The van der Waals surface area contributed by atoms with Gasteiger partial charge in [0.2, 0.25) is 0 Å². The van der Waals surface area contributed by atoms with Crippen LogP contribution in [0.1, 0.15) is 19.4 Å². The van der Waals surface area contributed by atoms with Crippen LogP contribution in [-0.4, -0.2) is 12.5 Å². The highest BCUT2D eigenvalue weighted by atomic mass is 35.5. The summed E-state index contributed by atoms with van der Waals surface area (Å²) in [5.41, 5.74) is 3.08. The number of nitrogens with one attached hydrogen (secondary N) is 1. The van der Waals surface area contributed by atoms with Crippen LogP contribution in [0.2, 0.25) is 10.0 Å². The van der Waals surface area contributed by atoms with E-state index in [1.54, 1.807) is 24.3 Å². The molecule has 0 radical (unpaired) electrons. The second-order valence-electron chi connectivity index (χ2n) is 4.21. The zero-order valence-electron chi connectivity index (χ0n) is 10.2. The molecule has 0 aliphatic heterocycles. The number of hydroxylamine groups is 1. The highest BCUT2D eigenvalue weighted by molar-refractivity contribution is 6.34. The molecule has 1 aromatic carbocycles. The Morgan fingerprint density at radius 1 is 1.33 bits per heavy atom. The Labute approximate surface area is 117 Å². The molecular weight excluding hydrogens is 273 g/mol. The molecule has 0 aromatic heterocycles. The van der Waals surface area contributed by atoms with Gasteiger partial charge in [-0.05, 0) is 35.8 Å². The number of amides is 1. The molecule has 0 unspecified atom stereocenters. The lowest BCUT2D eigenvalue weighted by Gasteiger charge is -2.05. The zero-order chi connectivity index (χ0) is 13.5. The van der Waals surface area contributed by atoms with Crippen molar-refractivity contribution in [1.29, 1.82) is 0 Å². The van der Waals surface area contributed by atoms with Gasteiger partial charge in [0.05, 0.1) is 6.61 Å². The van der Waals surface area contributed by atoms with Crippen LogP contribution in [-0.2, 0) is 9.63 Å². The summed E-state index contributed by atoms with van der Waals surface area (Å²) in [5.74, 6) is 0.0350. The molecule has 98 valence electrons. The maximum atomic E-state index is 11.4. The molecule has 0 saturated carbocycles. The van der Waals surface area contributed by atoms with Gasteiger partial charge in [-0.3, -0.25) is 9.63 Å². The summed E-state index contributed by atoms with van der Waals surface area (Å²) in [4.78, 5) is 16.4. The number of carbonyl (C=O) groups excluding carboxylic acids is 1. The summed E-state index contributed by atoms with van der Waals surface area (Å²) in [6.07, 6.45) is 2.98. The normalized spacial score (nSPS) is 11.2. The molecule has 5 heteroatoms. The van der Waals surface area contributed by atoms with Crippen LogP contribution in [0, 0.1) is 5.92 Å². The van der Waals surface area contributed by atoms with Gasteiger partial charge in [-0.1, -0.05) is 37.0 Å². The lowest BCUT2D eigenvalue weighted by atomic mass is 10.2. The van der Waals surface area contributed by atoms with Crippen molar-refractivity contribution in [2.45, 2.75) is 13.8 Å². The van der Waals surface area contributed by atoms with Gasteiger partial charge in [-0.2, -0.15) is 0 Å². The molecule has 0 aliphatic carbocycles. The fourth-order valence-electron chi connectivity index (χ4n) is 1.16. The summed E-state index contributed by atoms with van der Waals surface area (Å²) in [7, 11) is 0. The Bertz CT molecular complexity index is 424. The monoisotopic (exact) mass is 287 g/mol. The van der Waals surface area contributed by atoms with Crippen molar-refractivity contribution >= 4 is 35.2 Å². The lowest BCUT2D eigenvalue weighted by Crippen LogP contribution is -2.23. The molecule has 1 N–H and O–H groups in total. The minimum atomic E-state index is -0.327. The molecule has 1 amide bonds. The SMILES string of the molecule is CC(C)CONC(=O)/C=C/c1cc(Cl)cc(Cl)c1. The number of halogens is 2. The van der Waals surface area contributed by atoms with Gasteiger partial charge in [-0.15, -0.1) is 0 Å². The van der Waals surface area contributed by atoms with Crippen molar-refractivity contribution in [3.8, 4) is 0 Å². The Hall–Kier alpha value is -1.03. The van der Waals surface area contributed by atoms with Crippen molar-refractivity contribution in [2.24, 2.45) is 5.92 Å². The maximum Gasteiger partial charge on any atom is 0.267 e. The van der Waals surface area contributed by atoms with Gasteiger partial charge in [-0.25, -0.2) is 5.48 Å². The predicted molar refractivity (Wildman–Crippen MR) is 74.4 cm³/mol. The molecule has 3 nitrogen and oxygen atoms in total. The largest absolute Gasteiger partial charge is 0.273 e. The molecule has 0 saturated heterocycles. The first-order valence-corrected chi connectivity index (χ1v) is 6.29. The van der Waals surface area contributed by atoms with Gasteiger partial charge in [0.1, 0.15) is 0 Å². The Morgan fingerprint density at radius 3 is 2.50 bits per heavy atom. The lowest BCUT2D eigenvalue weighted by molar-refractivity contribution is -0.129. The number of hydrogen-bond donors (Lipinski definition) is 1. The van der Waals surface area contributed by atoms with Crippen molar-refractivity contribution in [3.63, 3.8) is 0 Å². The van der Waals surface area contributed by atoms with Crippen LogP contribution in [0.5, 0.6) is 0 Å². The van der Waals surface area contributed by atoms with Crippen LogP contribution in [0.4, 0.5) is 0 Å². The molecule has 1 rings (SSSR count). The zero-order valence-corrected chi connectivity index (χ0v) is 11.8. The molecule has 0 spiro atoms. The molecule has 0 heterocycles. The van der Waals surface area contributed by atoms with Gasteiger partial charge >= 0.3 is 0 Å². The quantitative estimate of drug-likeness (QED) is 0.662. The second kappa shape index (κ2) is 7.41. The molecule has 0 aliphatic rings. The third kappa shape index (κ3) is 6.05. The highest BCUT2D eigenvalue weighted by Crippen LogP contribution is 2.19. The summed E-state index contributed by atoms with van der Waals surface area (Å²) in [6.45, 7) is 4.47. The van der Waals surface area contributed by atoms with Gasteiger partial charge in [0, 0.05) is 16.1 Å². The van der Waals surface area contributed by atoms with Crippen LogP contribution in [0.3, 0.4) is 0 Å². The number of hydrogen-bond acceptors (Lipinski definition) is 2. The minimum absolute atomic E-state index is 0.327. The van der Waals surface area contributed by atoms with Crippen molar-refractivity contribution in [2.75, 3.05) is 6.61 Å². The second-order valence-corrected chi connectivity index (χ2v) is 5.08. The van der Waals surface area contributed by atoms with E-state index in [2.05, 4.69) is 5.48 Å². The van der Waals surface area contributed by atoms with E-state index in [0.29, 0.717) is 22.6 Å². The highest BCUT2D eigenvalue weighted by Gasteiger charge is 1.99. The Morgan fingerprint density at radius 2 is 1.94 bits per heavy atom. The molecular formula is C13H15Cl2NO2. The van der Waals surface area contributed by atoms with Crippen molar-refractivity contribution < 1.29 is 9.63 Å². The fourth-order valence-corrected chi connectivity index (χ4v) is 1.70. The van der Waals surface area contributed by atoms with E-state index in [-0.39, 0.29) is 5.91 Å². The average Bonchev–Trinajstić information content (AvgIpc) is 2.24. The van der Waals surface area contributed by atoms with E-state index in [9.17, 15) is 4.79 Å². The third-order valence-electron chi connectivity index (χ3n) is 1.90. The smallest absolute Gasteiger partial charge is 0.267 e. The summed E-state index contributed by atoms with van der Waals surface area (Å²) >= 11 is 11.7. The summed E-state index contributed by atoms with van der Waals surface area (Å²) < 4.78 is 0. The fraction of sp³-hybridized carbons (Fsp3) is 0.308. The first-order valence-electron chi connectivity index (χ1n) is 5.53. The molecule has 1 aromatic rings. The Balaban J connectivity index is 2.50. The molecule has 18 heavy (non-hydrogen) atoms. The maximum absolute atomic E-state index is 11.4. The van der Waals surface area contributed by atoms with Gasteiger partial charge in [0.15, 0.2) is 0 Å². The number of benzene rings is 1. The van der Waals surface area contributed by atoms with Crippen LogP contribution < -0.4 is 5.48 Å². The Kier molecular flexibility index (Phi) is 6.19. The van der Waals surface area contributed by atoms with E-state index in [1.165, 1.54) is 6.08 Å². The van der Waals surface area contributed by atoms with Gasteiger partial charge < -0.3 is 0 Å². The first-order chi connectivity index (χ1) is 8.47. The minimum Gasteiger partial charge on any atom is -0.273 e. The average molecular weight is 288 g/mol. The van der Waals surface area contributed by atoms with Crippen molar-refractivity contribution in [1.82, 2.24) is 5.48 Å². The van der Waals surface area contributed by atoms with Gasteiger partial charge in [0.25, 0.3) is 5.91 Å². The van der Waals surface area contributed by atoms with Crippen LogP contribution in [0.25, 0.3) is 6.08 Å². The van der Waals surface area contributed by atoms with E-state index in [4.69, 9.17) is 28.0 Å². The van der Waals surface area contributed by atoms with Crippen LogP contribution in [0.15, 0.2) is 24.3 Å². The van der Waals surface area contributed by atoms with Crippen LogP contribution >= 0.6 is 23.2 Å². The standard InChI is InChI=1S/C13H15Cl2NO2/c1-9(2)8-18-16-13(17)4-3-10-5-11(14)7-12(15)6-10/h3-7,9H,8H2,1-2H3,(H,16,17)/b4-3+.